The van der Waals surface area contributed by atoms with E-state index in [-0.39, 0.29) is 25.1 Å². The predicted molar refractivity (Wildman–Crippen MR) is 134 cm³/mol. The van der Waals surface area contributed by atoms with Crippen LogP contribution in [0.25, 0.3) is 11.1 Å². The van der Waals surface area contributed by atoms with E-state index in [0.717, 1.165) is 11.6 Å². The molecule has 3 aromatic carbocycles. The summed E-state index contributed by atoms with van der Waals surface area (Å²) >= 11 is 0. The van der Waals surface area contributed by atoms with Gasteiger partial charge < -0.3 is 25.8 Å². The van der Waals surface area contributed by atoms with Crippen LogP contribution in [0.2, 0.25) is 0 Å². The van der Waals surface area contributed by atoms with Crippen molar-refractivity contribution < 1.29 is 32.6 Å². The van der Waals surface area contributed by atoms with Crippen LogP contribution < -0.4 is 11.1 Å². The summed E-state index contributed by atoms with van der Waals surface area (Å²) in [6.07, 6.45) is -1.45. The number of hydrogen-bond acceptors (Lipinski definition) is 4. The zero-order valence-electron chi connectivity index (χ0n) is 20.7. The molecule has 0 aliphatic carbocycles. The Balaban J connectivity index is 1.52. The number of amides is 3. The van der Waals surface area contributed by atoms with E-state index in [1.54, 1.807) is 24.3 Å². The smallest absolute Gasteiger partial charge is 0.411 e. The Morgan fingerprint density at radius 3 is 2.34 bits per heavy atom. The summed E-state index contributed by atoms with van der Waals surface area (Å²) in [4.78, 5) is 25.8. The number of cyclic esters (lactones) is 1. The second-order valence-corrected chi connectivity index (χ2v) is 9.34. The highest BCUT2D eigenvalue weighted by Gasteiger charge is 2.44. The van der Waals surface area contributed by atoms with Crippen LogP contribution in [0.5, 0.6) is 0 Å². The van der Waals surface area contributed by atoms with Gasteiger partial charge in [0.15, 0.2) is 0 Å². The van der Waals surface area contributed by atoms with Gasteiger partial charge in [0.25, 0.3) is 0 Å². The molecule has 1 saturated heterocycles. The molecule has 4 rings (SSSR count). The van der Waals surface area contributed by atoms with Crippen LogP contribution in [0.4, 0.5) is 22.8 Å². The standard InChI is InChI=1S/C28H28F3N3O4/c1-17(18-2-4-19(5-3-18)24-11-10-22(30)14-25(24)31)34-13-12-28(38-27(34)37,15-23(35)16-33-26(32)36)20-6-8-21(29)9-7-20/h2-11,14,17,23,35H,12-13,15-16H2,1H3,(H3,32,33,36). The highest BCUT2D eigenvalue weighted by molar-refractivity contribution is 5.72. The van der Waals surface area contributed by atoms with E-state index in [2.05, 4.69) is 5.32 Å². The van der Waals surface area contributed by atoms with Crippen LogP contribution in [0.3, 0.4) is 0 Å². The summed E-state index contributed by atoms with van der Waals surface area (Å²) in [6.45, 7) is 1.95. The molecule has 0 aromatic heterocycles. The Morgan fingerprint density at radius 1 is 1.08 bits per heavy atom. The van der Waals surface area contributed by atoms with Crippen LogP contribution in [-0.2, 0) is 10.3 Å². The number of rotatable bonds is 8. The predicted octanol–water partition coefficient (Wildman–Crippen LogP) is 4.99. The monoisotopic (exact) mass is 527 g/mol. The summed E-state index contributed by atoms with van der Waals surface area (Å²) < 4.78 is 47.0. The number of ether oxygens (including phenoxy) is 1. The van der Waals surface area contributed by atoms with Crippen molar-refractivity contribution in [2.45, 2.75) is 37.5 Å². The number of primary amides is 1. The van der Waals surface area contributed by atoms with Gasteiger partial charge in [-0.2, -0.15) is 0 Å². The quantitative estimate of drug-likeness (QED) is 0.384. The largest absolute Gasteiger partial charge is 0.438 e. The topological polar surface area (TPSA) is 105 Å². The van der Waals surface area contributed by atoms with E-state index in [0.29, 0.717) is 17.5 Å². The average molecular weight is 528 g/mol. The van der Waals surface area contributed by atoms with Gasteiger partial charge in [-0.05, 0) is 47.9 Å². The number of nitrogens with two attached hydrogens (primary N) is 1. The second-order valence-electron chi connectivity index (χ2n) is 9.34. The number of halogens is 3. The molecule has 38 heavy (non-hydrogen) atoms. The average Bonchev–Trinajstić information content (AvgIpc) is 2.88. The zero-order valence-corrected chi connectivity index (χ0v) is 20.7. The second kappa shape index (κ2) is 11.1. The van der Waals surface area contributed by atoms with Crippen LogP contribution in [0, 0.1) is 17.5 Å². The third kappa shape index (κ3) is 5.91. The lowest BCUT2D eigenvalue weighted by molar-refractivity contribution is -0.0831. The third-order valence-corrected chi connectivity index (χ3v) is 6.82. The van der Waals surface area contributed by atoms with E-state index in [1.807, 2.05) is 6.92 Å². The van der Waals surface area contributed by atoms with Crippen LogP contribution >= 0.6 is 0 Å². The lowest BCUT2D eigenvalue weighted by atomic mass is 9.83. The number of aliphatic hydroxyl groups is 1. The number of nitrogens with one attached hydrogen (secondary N) is 1. The molecule has 200 valence electrons. The van der Waals surface area contributed by atoms with E-state index in [4.69, 9.17) is 10.5 Å². The van der Waals surface area contributed by atoms with Gasteiger partial charge in [-0.1, -0.05) is 36.4 Å². The first kappa shape index (κ1) is 27.0. The van der Waals surface area contributed by atoms with Crippen molar-refractivity contribution in [3.63, 3.8) is 0 Å². The fourth-order valence-corrected chi connectivity index (χ4v) is 4.76. The molecule has 4 N–H and O–H groups in total. The Morgan fingerprint density at radius 2 is 1.74 bits per heavy atom. The molecule has 1 heterocycles. The maximum Gasteiger partial charge on any atom is 0.411 e. The molecule has 0 saturated carbocycles. The number of carbonyl (C=O) groups excluding carboxylic acids is 2. The Hall–Kier alpha value is -4.05. The molecule has 0 bridgehead atoms. The SMILES string of the molecule is CC(c1ccc(-c2ccc(F)cc2F)cc1)N1CCC(CC(O)CNC(N)=O)(c2ccc(F)cc2)OC1=O. The number of hydrogen-bond donors (Lipinski definition) is 3. The Kier molecular flexibility index (Phi) is 7.91. The highest BCUT2D eigenvalue weighted by Crippen LogP contribution is 2.40. The number of urea groups is 1. The first-order chi connectivity index (χ1) is 18.1. The van der Waals surface area contributed by atoms with Crippen molar-refractivity contribution in [1.82, 2.24) is 10.2 Å². The molecule has 3 unspecified atom stereocenters. The minimum atomic E-state index is -1.25. The fraction of sp³-hybridized carbons (Fsp3) is 0.286. The molecular formula is C28H28F3N3O4. The first-order valence-corrected chi connectivity index (χ1v) is 12.1. The number of benzene rings is 3. The molecule has 1 aliphatic heterocycles. The maximum absolute atomic E-state index is 14.2. The number of carbonyl (C=O) groups is 2. The molecular weight excluding hydrogens is 499 g/mol. The first-order valence-electron chi connectivity index (χ1n) is 12.1. The summed E-state index contributed by atoms with van der Waals surface area (Å²) in [5.41, 5.74) is 5.96. The minimum Gasteiger partial charge on any atom is -0.438 e. The normalized spacial score (nSPS) is 19.0. The number of nitrogens with zero attached hydrogens (tertiary/aromatic N) is 1. The van der Waals surface area contributed by atoms with E-state index in [1.165, 1.54) is 41.3 Å². The van der Waals surface area contributed by atoms with Crippen molar-refractivity contribution in [1.29, 1.82) is 0 Å². The lowest BCUT2D eigenvalue weighted by Gasteiger charge is -2.44. The van der Waals surface area contributed by atoms with Crippen LogP contribution in [0.15, 0.2) is 66.7 Å². The van der Waals surface area contributed by atoms with Crippen molar-refractivity contribution in [3.8, 4) is 11.1 Å². The van der Waals surface area contributed by atoms with Crippen molar-refractivity contribution >= 4 is 12.1 Å². The summed E-state index contributed by atoms with van der Waals surface area (Å²) in [5.74, 6) is -1.79. The number of aliphatic hydroxyl groups excluding tert-OH is 1. The zero-order chi connectivity index (χ0) is 27.4. The fourth-order valence-electron chi connectivity index (χ4n) is 4.76. The molecule has 10 heteroatoms. The lowest BCUT2D eigenvalue weighted by Crippen LogP contribution is -2.51. The van der Waals surface area contributed by atoms with Gasteiger partial charge in [-0.15, -0.1) is 0 Å². The van der Waals surface area contributed by atoms with Crippen molar-refractivity contribution in [2.75, 3.05) is 13.1 Å². The van der Waals surface area contributed by atoms with E-state index < -0.39 is 47.3 Å². The minimum absolute atomic E-state index is 0.0369. The molecule has 0 spiro atoms. The van der Waals surface area contributed by atoms with Gasteiger partial charge in [-0.3, -0.25) is 0 Å². The highest BCUT2D eigenvalue weighted by atomic mass is 19.1. The van der Waals surface area contributed by atoms with Gasteiger partial charge >= 0.3 is 12.1 Å². The summed E-state index contributed by atoms with van der Waals surface area (Å²) in [5, 5.41) is 12.9. The van der Waals surface area contributed by atoms with Crippen molar-refractivity contribution in [2.24, 2.45) is 5.73 Å². The molecule has 7 nitrogen and oxygen atoms in total. The van der Waals surface area contributed by atoms with Crippen LogP contribution in [-0.4, -0.2) is 41.3 Å². The van der Waals surface area contributed by atoms with Gasteiger partial charge in [0.05, 0.1) is 12.1 Å². The van der Waals surface area contributed by atoms with Gasteiger partial charge in [0.2, 0.25) is 0 Å². The van der Waals surface area contributed by atoms with Gasteiger partial charge in [-0.25, -0.2) is 22.8 Å². The molecule has 3 aromatic rings. The Bertz CT molecular complexity index is 1300. The van der Waals surface area contributed by atoms with Crippen molar-refractivity contribution in [3.05, 3.63) is 95.3 Å². The van der Waals surface area contributed by atoms with Gasteiger partial charge in [0, 0.05) is 37.6 Å². The Labute approximate surface area is 218 Å². The summed E-state index contributed by atoms with van der Waals surface area (Å²) in [7, 11) is 0. The summed E-state index contributed by atoms with van der Waals surface area (Å²) in [6, 6.07) is 14.6. The van der Waals surface area contributed by atoms with Gasteiger partial charge in [0.1, 0.15) is 23.1 Å². The van der Waals surface area contributed by atoms with Crippen LogP contribution in [0.1, 0.15) is 36.9 Å². The van der Waals surface area contributed by atoms with E-state index in [9.17, 15) is 27.9 Å². The molecule has 1 fully saturated rings. The molecule has 0 radical (unpaired) electrons. The maximum atomic E-state index is 14.2. The van der Waals surface area contributed by atoms with E-state index >= 15 is 0 Å². The molecule has 3 atom stereocenters. The molecule has 1 aliphatic rings. The third-order valence-electron chi connectivity index (χ3n) is 6.82. The molecule has 3 amide bonds.